The summed E-state index contributed by atoms with van der Waals surface area (Å²) in [6.07, 6.45) is 6.64. The van der Waals surface area contributed by atoms with Crippen molar-refractivity contribution in [1.29, 1.82) is 0 Å². The largest absolute Gasteiger partial charge is 0.444 e. The molecule has 124 valence electrons. The molecular weight excluding hydrogens is 280 g/mol. The molecule has 0 spiro atoms. The quantitative estimate of drug-likeness (QED) is 0.875. The molecule has 0 saturated heterocycles. The summed E-state index contributed by atoms with van der Waals surface area (Å²) in [5.74, 6) is 0. The Labute approximate surface area is 132 Å². The maximum atomic E-state index is 11.8. The van der Waals surface area contributed by atoms with Crippen molar-refractivity contribution in [2.75, 3.05) is 6.54 Å². The summed E-state index contributed by atoms with van der Waals surface area (Å²) in [5.41, 5.74) is 0.741. The third kappa shape index (κ3) is 5.67. The van der Waals surface area contributed by atoms with Crippen molar-refractivity contribution in [1.82, 2.24) is 20.4 Å². The van der Waals surface area contributed by atoms with E-state index >= 15 is 0 Å². The summed E-state index contributed by atoms with van der Waals surface area (Å²) < 4.78 is 7.25. The monoisotopic (exact) mass is 308 g/mol. The third-order valence-electron chi connectivity index (χ3n) is 3.69. The van der Waals surface area contributed by atoms with Crippen LogP contribution in [0.15, 0.2) is 12.4 Å². The summed E-state index contributed by atoms with van der Waals surface area (Å²) in [6.45, 7) is 9.44. The highest BCUT2D eigenvalue weighted by Gasteiger charge is 2.27. The van der Waals surface area contributed by atoms with Crippen molar-refractivity contribution < 1.29 is 9.53 Å². The lowest BCUT2D eigenvalue weighted by atomic mass is 10.2. The van der Waals surface area contributed by atoms with Gasteiger partial charge >= 0.3 is 6.09 Å². The van der Waals surface area contributed by atoms with Crippen LogP contribution in [0.3, 0.4) is 0 Å². The molecule has 6 heteroatoms. The number of carbonyl (C=O) groups excluding carboxylic acids is 1. The molecule has 0 radical (unpaired) electrons. The van der Waals surface area contributed by atoms with Crippen LogP contribution in [0.2, 0.25) is 0 Å². The Balaban J connectivity index is 1.64. The Morgan fingerprint density at radius 3 is 2.77 bits per heavy atom. The molecule has 2 unspecified atom stereocenters. The minimum atomic E-state index is -0.442. The van der Waals surface area contributed by atoms with Crippen molar-refractivity contribution in [3.05, 3.63) is 18.0 Å². The Morgan fingerprint density at radius 1 is 1.41 bits per heavy atom. The second-order valence-electron chi connectivity index (χ2n) is 7.09. The number of amides is 1. The van der Waals surface area contributed by atoms with E-state index in [1.807, 2.05) is 44.8 Å². The van der Waals surface area contributed by atoms with Gasteiger partial charge in [-0.25, -0.2) is 4.79 Å². The number of carbonyl (C=O) groups is 1. The molecule has 0 bridgehead atoms. The van der Waals surface area contributed by atoms with Gasteiger partial charge in [-0.3, -0.25) is 4.68 Å². The van der Waals surface area contributed by atoms with E-state index in [-0.39, 0.29) is 12.1 Å². The molecule has 1 amide bonds. The number of nitrogens with zero attached hydrogens (tertiary/aromatic N) is 2. The Bertz CT molecular complexity index is 493. The number of hydrogen-bond donors (Lipinski definition) is 2. The molecule has 1 fully saturated rings. The van der Waals surface area contributed by atoms with E-state index in [1.54, 1.807) is 0 Å². The van der Waals surface area contributed by atoms with Crippen LogP contribution in [0.5, 0.6) is 0 Å². The molecule has 2 atom stereocenters. The minimum Gasteiger partial charge on any atom is -0.444 e. The highest BCUT2D eigenvalue weighted by molar-refractivity contribution is 5.68. The molecule has 1 aromatic rings. The second-order valence-corrected chi connectivity index (χ2v) is 7.09. The first-order valence-corrected chi connectivity index (χ1v) is 8.04. The van der Waals surface area contributed by atoms with Crippen LogP contribution in [0, 0.1) is 6.92 Å². The van der Waals surface area contributed by atoms with Gasteiger partial charge in [0.2, 0.25) is 0 Å². The zero-order valence-electron chi connectivity index (χ0n) is 14.1. The number of hydrogen-bond acceptors (Lipinski definition) is 4. The van der Waals surface area contributed by atoms with Crippen LogP contribution < -0.4 is 10.6 Å². The highest BCUT2D eigenvalue weighted by atomic mass is 16.6. The lowest BCUT2D eigenvalue weighted by molar-refractivity contribution is 0.0505. The van der Waals surface area contributed by atoms with Gasteiger partial charge in [-0.1, -0.05) is 0 Å². The van der Waals surface area contributed by atoms with Crippen LogP contribution >= 0.6 is 0 Å². The van der Waals surface area contributed by atoms with E-state index in [0.29, 0.717) is 6.04 Å². The molecule has 1 aromatic heterocycles. The normalized spacial score (nSPS) is 21.8. The summed E-state index contributed by atoms with van der Waals surface area (Å²) in [5, 5.41) is 10.8. The molecule has 0 aromatic carbocycles. The van der Waals surface area contributed by atoms with Crippen molar-refractivity contribution in [3.63, 3.8) is 0 Å². The van der Waals surface area contributed by atoms with Gasteiger partial charge in [0.1, 0.15) is 5.60 Å². The number of aryl methyl sites for hydroxylation is 1. The van der Waals surface area contributed by atoms with Gasteiger partial charge in [-0.15, -0.1) is 0 Å². The Kier molecular flexibility index (Phi) is 5.45. The van der Waals surface area contributed by atoms with Gasteiger partial charge < -0.3 is 15.4 Å². The maximum Gasteiger partial charge on any atom is 0.407 e. The number of alkyl carbamates (subject to hydrolysis) is 1. The Hall–Kier alpha value is -1.56. The van der Waals surface area contributed by atoms with E-state index in [1.165, 1.54) is 5.56 Å². The SMILES string of the molecule is Cc1cnn(CCNC2CCC(NC(=O)OC(C)(C)C)C2)c1. The van der Waals surface area contributed by atoms with Crippen LogP contribution in [-0.4, -0.2) is 40.1 Å². The molecule has 1 aliphatic carbocycles. The van der Waals surface area contributed by atoms with Crippen LogP contribution in [0.4, 0.5) is 4.79 Å². The summed E-state index contributed by atoms with van der Waals surface area (Å²) in [6, 6.07) is 0.663. The van der Waals surface area contributed by atoms with Gasteiger partial charge in [0.15, 0.2) is 0 Å². The zero-order chi connectivity index (χ0) is 16.2. The molecule has 6 nitrogen and oxygen atoms in total. The van der Waals surface area contributed by atoms with Crippen molar-refractivity contribution in [2.24, 2.45) is 0 Å². The van der Waals surface area contributed by atoms with Crippen LogP contribution in [-0.2, 0) is 11.3 Å². The first kappa shape index (κ1) is 16.8. The predicted octanol–water partition coefficient (Wildman–Crippen LogP) is 2.23. The topological polar surface area (TPSA) is 68.2 Å². The molecule has 22 heavy (non-hydrogen) atoms. The first-order valence-electron chi connectivity index (χ1n) is 8.04. The first-order chi connectivity index (χ1) is 10.3. The van der Waals surface area contributed by atoms with Crippen LogP contribution in [0.25, 0.3) is 0 Å². The standard InChI is InChI=1S/C16H28N4O2/c1-12-10-18-20(11-12)8-7-17-13-5-6-14(9-13)19-15(21)22-16(2,3)4/h10-11,13-14,17H,5-9H2,1-4H3,(H,19,21). The predicted molar refractivity (Wildman–Crippen MR) is 85.8 cm³/mol. The van der Waals surface area contributed by atoms with Gasteiger partial charge in [0.05, 0.1) is 12.7 Å². The summed E-state index contributed by atoms with van der Waals surface area (Å²) >= 11 is 0. The lowest BCUT2D eigenvalue weighted by Crippen LogP contribution is -2.39. The molecular formula is C16H28N4O2. The van der Waals surface area contributed by atoms with E-state index in [2.05, 4.69) is 15.7 Å². The number of nitrogens with one attached hydrogen (secondary N) is 2. The Morgan fingerprint density at radius 2 is 2.14 bits per heavy atom. The van der Waals surface area contributed by atoms with Gasteiger partial charge in [-0.2, -0.15) is 5.10 Å². The van der Waals surface area contributed by atoms with E-state index < -0.39 is 5.60 Å². The summed E-state index contributed by atoms with van der Waals surface area (Å²) in [7, 11) is 0. The lowest BCUT2D eigenvalue weighted by Gasteiger charge is -2.21. The maximum absolute atomic E-state index is 11.8. The molecule has 1 aliphatic rings. The smallest absolute Gasteiger partial charge is 0.407 e. The highest BCUT2D eigenvalue weighted by Crippen LogP contribution is 2.19. The number of aromatic nitrogens is 2. The fraction of sp³-hybridized carbons (Fsp3) is 0.750. The number of rotatable bonds is 5. The van der Waals surface area contributed by atoms with Crippen molar-refractivity contribution in [2.45, 2.75) is 71.2 Å². The number of ether oxygens (including phenoxy) is 1. The van der Waals surface area contributed by atoms with E-state index in [9.17, 15) is 4.79 Å². The molecule has 2 rings (SSSR count). The van der Waals surface area contributed by atoms with E-state index in [0.717, 1.165) is 32.4 Å². The summed E-state index contributed by atoms with van der Waals surface area (Å²) in [4.78, 5) is 11.8. The molecule has 2 N–H and O–H groups in total. The van der Waals surface area contributed by atoms with E-state index in [4.69, 9.17) is 4.74 Å². The van der Waals surface area contributed by atoms with Gasteiger partial charge in [0, 0.05) is 24.8 Å². The second kappa shape index (κ2) is 7.13. The average Bonchev–Trinajstić information content (AvgIpc) is 2.97. The fourth-order valence-electron chi connectivity index (χ4n) is 2.74. The zero-order valence-corrected chi connectivity index (χ0v) is 14.1. The third-order valence-corrected chi connectivity index (χ3v) is 3.69. The van der Waals surface area contributed by atoms with Gasteiger partial charge in [-0.05, 0) is 52.5 Å². The van der Waals surface area contributed by atoms with Crippen molar-refractivity contribution in [3.8, 4) is 0 Å². The van der Waals surface area contributed by atoms with Crippen LogP contribution in [0.1, 0.15) is 45.6 Å². The fourth-order valence-corrected chi connectivity index (χ4v) is 2.74. The van der Waals surface area contributed by atoms with Crippen molar-refractivity contribution >= 4 is 6.09 Å². The molecule has 1 heterocycles. The average molecular weight is 308 g/mol. The molecule has 0 aliphatic heterocycles. The van der Waals surface area contributed by atoms with Gasteiger partial charge in [0.25, 0.3) is 0 Å². The minimum absolute atomic E-state index is 0.208. The molecule has 1 saturated carbocycles.